The maximum atomic E-state index is 13.7. The summed E-state index contributed by atoms with van der Waals surface area (Å²) in [4.78, 5) is 0. The SMILES string of the molecule is CCC1CC(Nc2c(F)cc(F)cc2Br)CCO1. The van der Waals surface area contributed by atoms with Crippen LogP contribution in [0.15, 0.2) is 16.6 Å². The summed E-state index contributed by atoms with van der Waals surface area (Å²) in [6, 6.07) is 2.33. The van der Waals surface area contributed by atoms with Gasteiger partial charge < -0.3 is 10.1 Å². The van der Waals surface area contributed by atoms with Crippen molar-refractivity contribution in [1.82, 2.24) is 0 Å². The molecule has 0 saturated carbocycles. The van der Waals surface area contributed by atoms with Crippen molar-refractivity contribution in [2.75, 3.05) is 11.9 Å². The zero-order valence-electron chi connectivity index (χ0n) is 10.2. The molecule has 100 valence electrons. The largest absolute Gasteiger partial charge is 0.379 e. The minimum Gasteiger partial charge on any atom is -0.379 e. The average Bonchev–Trinajstić information content (AvgIpc) is 2.34. The van der Waals surface area contributed by atoms with Gasteiger partial charge in [-0.25, -0.2) is 8.78 Å². The van der Waals surface area contributed by atoms with E-state index in [1.165, 1.54) is 6.07 Å². The Balaban J connectivity index is 2.09. The predicted molar refractivity (Wildman–Crippen MR) is 70.7 cm³/mol. The molecule has 2 atom stereocenters. The van der Waals surface area contributed by atoms with Gasteiger partial charge in [0.15, 0.2) is 0 Å². The molecule has 2 nitrogen and oxygen atoms in total. The van der Waals surface area contributed by atoms with Crippen LogP contribution in [0.3, 0.4) is 0 Å². The minimum absolute atomic E-state index is 0.167. The summed E-state index contributed by atoms with van der Waals surface area (Å²) in [5.41, 5.74) is 0.332. The second kappa shape index (κ2) is 5.97. The number of benzene rings is 1. The smallest absolute Gasteiger partial charge is 0.150 e. The lowest BCUT2D eigenvalue weighted by molar-refractivity contribution is 0.00920. The highest BCUT2D eigenvalue weighted by Gasteiger charge is 2.22. The van der Waals surface area contributed by atoms with Crippen LogP contribution in [-0.2, 0) is 4.74 Å². The van der Waals surface area contributed by atoms with E-state index < -0.39 is 11.6 Å². The molecule has 0 bridgehead atoms. The highest BCUT2D eigenvalue weighted by Crippen LogP contribution is 2.29. The summed E-state index contributed by atoms with van der Waals surface area (Å²) in [7, 11) is 0. The highest BCUT2D eigenvalue weighted by molar-refractivity contribution is 9.10. The van der Waals surface area contributed by atoms with Gasteiger partial charge in [0.05, 0.1) is 11.8 Å². The van der Waals surface area contributed by atoms with E-state index in [4.69, 9.17) is 4.74 Å². The van der Waals surface area contributed by atoms with E-state index in [0.29, 0.717) is 16.8 Å². The number of hydrogen-bond acceptors (Lipinski definition) is 2. The normalized spacial score (nSPS) is 24.0. The lowest BCUT2D eigenvalue weighted by Crippen LogP contribution is -2.34. The molecule has 0 radical (unpaired) electrons. The fraction of sp³-hybridized carbons (Fsp3) is 0.538. The van der Waals surface area contributed by atoms with E-state index in [9.17, 15) is 8.78 Å². The molecule has 1 N–H and O–H groups in total. The van der Waals surface area contributed by atoms with Gasteiger partial charge in [-0.2, -0.15) is 0 Å². The van der Waals surface area contributed by atoms with Crippen LogP contribution in [0.1, 0.15) is 26.2 Å². The Morgan fingerprint density at radius 3 is 2.89 bits per heavy atom. The second-order valence-electron chi connectivity index (χ2n) is 4.51. The van der Waals surface area contributed by atoms with Gasteiger partial charge >= 0.3 is 0 Å². The topological polar surface area (TPSA) is 21.3 Å². The van der Waals surface area contributed by atoms with Gasteiger partial charge in [0.2, 0.25) is 0 Å². The molecule has 2 rings (SSSR count). The second-order valence-corrected chi connectivity index (χ2v) is 5.37. The van der Waals surface area contributed by atoms with E-state index in [0.717, 1.165) is 25.3 Å². The molecule has 0 aromatic heterocycles. The van der Waals surface area contributed by atoms with Gasteiger partial charge in [0, 0.05) is 23.2 Å². The first-order valence-corrected chi connectivity index (χ1v) is 6.92. The predicted octanol–water partition coefficient (Wildman–Crippen LogP) is 4.10. The monoisotopic (exact) mass is 319 g/mol. The van der Waals surface area contributed by atoms with Crippen LogP contribution in [0.25, 0.3) is 0 Å². The third-order valence-electron chi connectivity index (χ3n) is 3.18. The lowest BCUT2D eigenvalue weighted by Gasteiger charge is -2.30. The van der Waals surface area contributed by atoms with E-state index >= 15 is 0 Å². The van der Waals surface area contributed by atoms with E-state index in [2.05, 4.69) is 28.2 Å². The standard InChI is InChI=1S/C13H16BrF2NO/c1-2-10-7-9(3-4-18-10)17-13-11(14)5-8(15)6-12(13)16/h5-6,9-10,17H,2-4,7H2,1H3. The molecule has 18 heavy (non-hydrogen) atoms. The van der Waals surface area contributed by atoms with Gasteiger partial charge in [-0.1, -0.05) is 6.92 Å². The van der Waals surface area contributed by atoms with Gasteiger partial charge in [-0.05, 0) is 41.3 Å². The summed E-state index contributed by atoms with van der Waals surface area (Å²) in [6.45, 7) is 2.75. The lowest BCUT2D eigenvalue weighted by atomic mass is 10.0. The Morgan fingerprint density at radius 1 is 1.44 bits per heavy atom. The summed E-state index contributed by atoms with van der Waals surface area (Å²) >= 11 is 3.18. The molecule has 1 saturated heterocycles. The van der Waals surface area contributed by atoms with Crippen LogP contribution in [-0.4, -0.2) is 18.8 Å². The van der Waals surface area contributed by atoms with Crippen LogP contribution in [0.4, 0.5) is 14.5 Å². The van der Waals surface area contributed by atoms with Crippen LogP contribution >= 0.6 is 15.9 Å². The molecule has 1 heterocycles. The molecule has 0 spiro atoms. The maximum absolute atomic E-state index is 13.7. The molecule has 0 amide bonds. The third kappa shape index (κ3) is 3.20. The Kier molecular flexibility index (Phi) is 4.56. The van der Waals surface area contributed by atoms with Crippen molar-refractivity contribution in [3.05, 3.63) is 28.2 Å². The summed E-state index contributed by atoms with van der Waals surface area (Å²) < 4.78 is 32.7. The molecule has 5 heteroatoms. The minimum atomic E-state index is -0.580. The summed E-state index contributed by atoms with van der Waals surface area (Å²) in [5, 5.41) is 3.14. The van der Waals surface area contributed by atoms with Crippen molar-refractivity contribution in [3.8, 4) is 0 Å². The van der Waals surface area contributed by atoms with E-state index in [1.807, 2.05) is 0 Å². The van der Waals surface area contributed by atoms with Crippen LogP contribution in [0.5, 0.6) is 0 Å². The number of anilines is 1. The molecule has 1 fully saturated rings. The fourth-order valence-electron chi connectivity index (χ4n) is 2.18. The molecule has 1 aromatic carbocycles. The average molecular weight is 320 g/mol. The summed E-state index contributed by atoms with van der Waals surface area (Å²) in [5.74, 6) is -1.15. The van der Waals surface area contributed by atoms with Crippen molar-refractivity contribution in [1.29, 1.82) is 0 Å². The highest BCUT2D eigenvalue weighted by atomic mass is 79.9. The van der Waals surface area contributed by atoms with Crippen molar-refractivity contribution >= 4 is 21.6 Å². The zero-order valence-corrected chi connectivity index (χ0v) is 11.8. The molecular weight excluding hydrogens is 304 g/mol. The maximum Gasteiger partial charge on any atom is 0.150 e. The number of halogens is 3. The Bertz CT molecular complexity index is 404. The van der Waals surface area contributed by atoms with Gasteiger partial charge in [-0.15, -0.1) is 0 Å². The first-order valence-electron chi connectivity index (χ1n) is 6.12. The van der Waals surface area contributed by atoms with Crippen LogP contribution in [0, 0.1) is 11.6 Å². The zero-order chi connectivity index (χ0) is 13.1. The quantitative estimate of drug-likeness (QED) is 0.905. The number of rotatable bonds is 3. The molecule has 1 aliphatic rings. The van der Waals surface area contributed by atoms with Crippen molar-refractivity contribution in [3.63, 3.8) is 0 Å². The van der Waals surface area contributed by atoms with E-state index in [-0.39, 0.29) is 12.1 Å². The van der Waals surface area contributed by atoms with Crippen molar-refractivity contribution < 1.29 is 13.5 Å². The van der Waals surface area contributed by atoms with Gasteiger partial charge in [0.25, 0.3) is 0 Å². The van der Waals surface area contributed by atoms with Gasteiger partial charge in [0.1, 0.15) is 11.6 Å². The Hall–Kier alpha value is -0.680. The van der Waals surface area contributed by atoms with Gasteiger partial charge in [-0.3, -0.25) is 0 Å². The number of ether oxygens (including phenoxy) is 1. The molecule has 1 aromatic rings. The summed E-state index contributed by atoms with van der Waals surface area (Å²) in [6.07, 6.45) is 2.85. The van der Waals surface area contributed by atoms with Crippen molar-refractivity contribution in [2.24, 2.45) is 0 Å². The van der Waals surface area contributed by atoms with E-state index in [1.54, 1.807) is 0 Å². The van der Waals surface area contributed by atoms with Crippen LogP contribution in [0.2, 0.25) is 0 Å². The van der Waals surface area contributed by atoms with Crippen molar-refractivity contribution in [2.45, 2.75) is 38.3 Å². The number of hydrogen-bond donors (Lipinski definition) is 1. The first-order chi connectivity index (χ1) is 8.60. The molecule has 2 unspecified atom stereocenters. The third-order valence-corrected chi connectivity index (χ3v) is 3.80. The molecule has 0 aliphatic carbocycles. The fourth-order valence-corrected chi connectivity index (χ4v) is 2.70. The molecule has 1 aliphatic heterocycles. The Morgan fingerprint density at radius 2 is 2.22 bits per heavy atom. The first kappa shape index (κ1) is 13.7. The number of nitrogens with one attached hydrogen (secondary N) is 1. The van der Waals surface area contributed by atoms with Crippen LogP contribution < -0.4 is 5.32 Å². The molecular formula is C13H16BrF2NO. The Labute approximate surface area is 114 Å².